The molecule has 0 rings (SSSR count). The smallest absolute Gasteiger partial charge is 0.306 e. The Morgan fingerprint density at radius 1 is 0.349 bits per heavy atom. The van der Waals surface area contributed by atoms with E-state index in [1.165, 1.54) is 25.7 Å². The molecule has 0 amide bonds. The minimum Gasteiger partial charge on any atom is -0.462 e. The molecule has 6 heteroatoms. The molecule has 6 nitrogen and oxygen atoms in total. The first-order chi connectivity index (χ1) is 31.0. The lowest BCUT2D eigenvalue weighted by Gasteiger charge is -2.18. The van der Waals surface area contributed by atoms with Crippen LogP contribution in [-0.2, 0) is 28.6 Å². The van der Waals surface area contributed by atoms with Crippen molar-refractivity contribution >= 4 is 17.9 Å². The lowest BCUT2D eigenvalue weighted by Crippen LogP contribution is -2.30. The largest absolute Gasteiger partial charge is 0.462 e. The summed E-state index contributed by atoms with van der Waals surface area (Å²) in [6.45, 7) is 6.24. The standard InChI is InChI=1S/C57H90O6/c1-4-7-10-13-16-19-22-25-27-28-29-31-32-35-38-41-44-47-50-56(59)62-53-54(52-61-55(58)49-46-43-40-37-34-24-21-18-15-12-9-6-3)63-57(60)51-48-45-42-39-36-33-30-26-23-20-17-14-11-8-5-2/h8-14,16-23,25,27-29,31,54H,4-7,15,24,26,30,32-53H2,1-3H3/b11-8-,12-9-,13-10-,17-14-,19-16-,21-18-,23-20-,25-22-,28-27-,31-29-. The highest BCUT2D eigenvalue weighted by molar-refractivity contribution is 5.71. The minimum absolute atomic E-state index is 0.103. The third kappa shape index (κ3) is 48.7. The van der Waals surface area contributed by atoms with Gasteiger partial charge in [-0.25, -0.2) is 0 Å². The highest BCUT2D eigenvalue weighted by Crippen LogP contribution is 2.13. The molecule has 0 heterocycles. The second kappa shape index (κ2) is 50.5. The molecule has 0 saturated heterocycles. The molecule has 0 spiro atoms. The summed E-state index contributed by atoms with van der Waals surface area (Å²) in [5.74, 6) is -0.963. The monoisotopic (exact) mass is 871 g/mol. The number of esters is 3. The number of unbranched alkanes of at least 4 members (excludes halogenated alkanes) is 18. The van der Waals surface area contributed by atoms with Crippen LogP contribution in [0.15, 0.2) is 122 Å². The number of carbonyl (C=O) groups is 3. The maximum Gasteiger partial charge on any atom is 0.306 e. The minimum atomic E-state index is -0.804. The van der Waals surface area contributed by atoms with Crippen molar-refractivity contribution in [3.05, 3.63) is 122 Å². The molecular formula is C57H90O6. The van der Waals surface area contributed by atoms with Gasteiger partial charge in [0.1, 0.15) is 13.2 Å². The summed E-state index contributed by atoms with van der Waals surface area (Å²) >= 11 is 0. The molecule has 0 aromatic rings. The molecule has 354 valence electrons. The Kier molecular flexibility index (Phi) is 47.1. The number of carbonyl (C=O) groups excluding carboxylic acids is 3. The van der Waals surface area contributed by atoms with Crippen molar-refractivity contribution in [2.24, 2.45) is 0 Å². The van der Waals surface area contributed by atoms with E-state index in [1.54, 1.807) is 0 Å². The van der Waals surface area contributed by atoms with Crippen LogP contribution in [0.25, 0.3) is 0 Å². The van der Waals surface area contributed by atoms with E-state index in [0.717, 1.165) is 135 Å². The number of hydrogen-bond acceptors (Lipinski definition) is 6. The Hall–Kier alpha value is -4.19. The third-order valence-corrected chi connectivity index (χ3v) is 10.1. The van der Waals surface area contributed by atoms with Crippen LogP contribution in [0.5, 0.6) is 0 Å². The van der Waals surface area contributed by atoms with Crippen molar-refractivity contribution < 1.29 is 28.6 Å². The first-order valence-corrected chi connectivity index (χ1v) is 25.1. The van der Waals surface area contributed by atoms with Crippen LogP contribution in [0, 0.1) is 0 Å². The van der Waals surface area contributed by atoms with Gasteiger partial charge in [0.05, 0.1) is 0 Å². The van der Waals surface area contributed by atoms with Gasteiger partial charge in [0, 0.05) is 19.3 Å². The van der Waals surface area contributed by atoms with Crippen LogP contribution in [0.4, 0.5) is 0 Å². The fraction of sp³-hybridized carbons (Fsp3) is 0.596. The van der Waals surface area contributed by atoms with E-state index in [1.807, 2.05) is 36.5 Å². The van der Waals surface area contributed by atoms with E-state index in [4.69, 9.17) is 14.2 Å². The van der Waals surface area contributed by atoms with Gasteiger partial charge < -0.3 is 14.2 Å². The Bertz CT molecular complexity index is 1370. The van der Waals surface area contributed by atoms with Crippen LogP contribution in [0.3, 0.4) is 0 Å². The second-order valence-electron chi connectivity index (χ2n) is 16.1. The molecule has 0 aliphatic heterocycles. The van der Waals surface area contributed by atoms with E-state index in [-0.39, 0.29) is 31.1 Å². The molecule has 0 N–H and O–H groups in total. The average molecular weight is 871 g/mol. The zero-order valence-corrected chi connectivity index (χ0v) is 40.3. The van der Waals surface area contributed by atoms with E-state index in [9.17, 15) is 14.4 Å². The first kappa shape index (κ1) is 58.8. The fourth-order valence-electron chi connectivity index (χ4n) is 6.39. The third-order valence-electron chi connectivity index (χ3n) is 10.1. The maximum absolute atomic E-state index is 12.8. The summed E-state index contributed by atoms with van der Waals surface area (Å²) in [5.41, 5.74) is 0. The Labute approximate surface area is 386 Å². The van der Waals surface area contributed by atoms with Crippen LogP contribution >= 0.6 is 0 Å². The van der Waals surface area contributed by atoms with Gasteiger partial charge in [-0.1, -0.05) is 219 Å². The van der Waals surface area contributed by atoms with Gasteiger partial charge in [0.15, 0.2) is 6.10 Å². The molecule has 63 heavy (non-hydrogen) atoms. The van der Waals surface area contributed by atoms with E-state index in [0.29, 0.717) is 19.3 Å². The first-order valence-electron chi connectivity index (χ1n) is 25.1. The molecule has 0 fully saturated rings. The molecule has 0 aliphatic carbocycles. The van der Waals surface area contributed by atoms with Gasteiger partial charge in [0.2, 0.25) is 0 Å². The molecule has 0 saturated carbocycles. The number of allylic oxidation sites excluding steroid dienone is 20. The summed E-state index contributed by atoms with van der Waals surface area (Å²) in [6, 6.07) is 0. The van der Waals surface area contributed by atoms with Crippen LogP contribution in [0.1, 0.15) is 201 Å². The van der Waals surface area contributed by atoms with Gasteiger partial charge in [-0.3, -0.25) is 14.4 Å². The van der Waals surface area contributed by atoms with Crippen molar-refractivity contribution in [3.8, 4) is 0 Å². The zero-order valence-electron chi connectivity index (χ0n) is 40.3. The summed E-state index contributed by atoms with van der Waals surface area (Å²) < 4.78 is 16.7. The molecule has 0 aromatic heterocycles. The molecule has 1 unspecified atom stereocenters. The van der Waals surface area contributed by atoms with Crippen molar-refractivity contribution in [1.82, 2.24) is 0 Å². The second-order valence-corrected chi connectivity index (χ2v) is 16.1. The van der Waals surface area contributed by atoms with E-state index >= 15 is 0 Å². The molecule has 0 radical (unpaired) electrons. The highest BCUT2D eigenvalue weighted by Gasteiger charge is 2.19. The predicted octanol–water partition coefficient (Wildman–Crippen LogP) is 16.5. The van der Waals surface area contributed by atoms with E-state index in [2.05, 4.69) is 106 Å². The topological polar surface area (TPSA) is 78.9 Å². The van der Waals surface area contributed by atoms with E-state index < -0.39 is 6.10 Å². The molecule has 0 bridgehead atoms. The Morgan fingerprint density at radius 3 is 1.14 bits per heavy atom. The van der Waals surface area contributed by atoms with Crippen LogP contribution in [-0.4, -0.2) is 37.2 Å². The van der Waals surface area contributed by atoms with Gasteiger partial charge in [0.25, 0.3) is 0 Å². The van der Waals surface area contributed by atoms with Gasteiger partial charge in [-0.05, 0) is 83.5 Å². The van der Waals surface area contributed by atoms with Gasteiger partial charge in [-0.2, -0.15) is 0 Å². The van der Waals surface area contributed by atoms with Crippen molar-refractivity contribution in [3.63, 3.8) is 0 Å². The van der Waals surface area contributed by atoms with Gasteiger partial charge >= 0.3 is 17.9 Å². The lowest BCUT2D eigenvalue weighted by molar-refractivity contribution is -0.167. The predicted molar refractivity (Wildman–Crippen MR) is 269 cm³/mol. The summed E-state index contributed by atoms with van der Waals surface area (Å²) in [5, 5.41) is 0. The summed E-state index contributed by atoms with van der Waals surface area (Å²) in [6.07, 6.45) is 68.9. The normalized spacial score (nSPS) is 13.1. The van der Waals surface area contributed by atoms with Crippen LogP contribution < -0.4 is 0 Å². The fourth-order valence-corrected chi connectivity index (χ4v) is 6.39. The summed E-state index contributed by atoms with van der Waals surface area (Å²) in [7, 11) is 0. The quantitative estimate of drug-likeness (QED) is 0.0200. The highest BCUT2D eigenvalue weighted by atomic mass is 16.6. The number of ether oxygens (including phenoxy) is 3. The summed E-state index contributed by atoms with van der Waals surface area (Å²) in [4.78, 5) is 38.0. The van der Waals surface area contributed by atoms with Crippen molar-refractivity contribution in [1.29, 1.82) is 0 Å². The van der Waals surface area contributed by atoms with Crippen molar-refractivity contribution in [2.45, 2.75) is 207 Å². The molecule has 1 atom stereocenters. The molecule has 0 aromatic carbocycles. The number of rotatable bonds is 43. The SMILES string of the molecule is CC\C=C/C=C\C=C/CCCCCCCCCC(=O)OC(COC(=O)CCCCCCC\C=C/C=C\C=C/C=C\C=C/CCC)COC(=O)CCCCCCC/C=C\C/C=C\CC. The molecule has 0 aliphatic rings. The molecular weight excluding hydrogens is 781 g/mol. The Balaban J connectivity index is 4.49. The van der Waals surface area contributed by atoms with Crippen LogP contribution in [0.2, 0.25) is 0 Å². The average Bonchev–Trinajstić information content (AvgIpc) is 3.28. The Morgan fingerprint density at radius 2 is 0.698 bits per heavy atom. The van der Waals surface area contributed by atoms with Crippen molar-refractivity contribution in [2.75, 3.05) is 13.2 Å². The maximum atomic E-state index is 12.8. The lowest BCUT2D eigenvalue weighted by atomic mass is 10.1. The zero-order chi connectivity index (χ0) is 45.8. The number of hydrogen-bond donors (Lipinski definition) is 0. The van der Waals surface area contributed by atoms with Gasteiger partial charge in [-0.15, -0.1) is 0 Å².